The predicted molar refractivity (Wildman–Crippen MR) is 60.4 cm³/mol. The summed E-state index contributed by atoms with van der Waals surface area (Å²) in [6, 6.07) is 7.33. The summed E-state index contributed by atoms with van der Waals surface area (Å²) in [5.41, 5.74) is 4.28. The Morgan fingerprint density at radius 1 is 1.29 bits per heavy atom. The molecular formula is C13H19N. The lowest BCUT2D eigenvalue weighted by Crippen LogP contribution is -2.17. The summed E-state index contributed by atoms with van der Waals surface area (Å²) < 4.78 is 0. The van der Waals surface area contributed by atoms with Gasteiger partial charge in [-0.15, -0.1) is 0 Å². The third kappa shape index (κ3) is 1.69. The highest BCUT2D eigenvalue weighted by Gasteiger charge is 2.25. The third-order valence-electron chi connectivity index (χ3n) is 3.30. The van der Waals surface area contributed by atoms with Crippen molar-refractivity contribution >= 4 is 0 Å². The van der Waals surface area contributed by atoms with Crippen LogP contribution in [-0.4, -0.2) is 6.54 Å². The van der Waals surface area contributed by atoms with Crippen LogP contribution in [0.25, 0.3) is 0 Å². The maximum atomic E-state index is 3.59. The van der Waals surface area contributed by atoms with Crippen LogP contribution in [0.1, 0.15) is 36.1 Å². The molecular weight excluding hydrogens is 170 g/mol. The molecule has 0 bridgehead atoms. The van der Waals surface area contributed by atoms with Gasteiger partial charge in [0.05, 0.1) is 0 Å². The molecule has 0 spiro atoms. The van der Waals surface area contributed by atoms with E-state index in [-0.39, 0.29) is 0 Å². The van der Waals surface area contributed by atoms with E-state index in [9.17, 15) is 0 Å². The van der Waals surface area contributed by atoms with Crippen LogP contribution in [0.3, 0.4) is 0 Å². The summed E-state index contributed by atoms with van der Waals surface area (Å²) >= 11 is 0. The average Bonchev–Trinajstić information content (AvgIpc) is 2.56. The maximum absolute atomic E-state index is 3.59. The van der Waals surface area contributed by atoms with E-state index in [0.717, 1.165) is 5.92 Å². The Bertz CT molecular complexity index is 330. The number of aryl methyl sites for hydroxylation is 2. The molecule has 1 heteroatoms. The molecule has 1 fully saturated rings. The molecule has 1 nitrogen and oxygen atoms in total. The molecule has 14 heavy (non-hydrogen) atoms. The summed E-state index contributed by atoms with van der Waals surface area (Å²) in [4.78, 5) is 0. The van der Waals surface area contributed by atoms with E-state index in [1.54, 1.807) is 0 Å². The lowest BCUT2D eigenvalue weighted by Gasteiger charge is -2.19. The monoisotopic (exact) mass is 189 g/mol. The molecule has 1 heterocycles. The van der Waals surface area contributed by atoms with E-state index in [1.807, 2.05) is 0 Å². The van der Waals surface area contributed by atoms with Crippen molar-refractivity contribution in [3.8, 4) is 0 Å². The first-order chi connectivity index (χ1) is 6.68. The Morgan fingerprint density at radius 2 is 2.07 bits per heavy atom. The average molecular weight is 189 g/mol. The smallest absolute Gasteiger partial charge is 0.0349 e. The molecule has 1 aliphatic heterocycles. The summed E-state index contributed by atoms with van der Waals surface area (Å²) in [7, 11) is 0. The van der Waals surface area contributed by atoms with E-state index in [0.29, 0.717) is 6.04 Å². The molecule has 0 aliphatic carbocycles. The van der Waals surface area contributed by atoms with Crippen LogP contribution in [0.15, 0.2) is 18.2 Å². The fourth-order valence-corrected chi connectivity index (χ4v) is 2.35. The van der Waals surface area contributed by atoms with Gasteiger partial charge in [0.25, 0.3) is 0 Å². The zero-order chi connectivity index (χ0) is 10.1. The highest BCUT2D eigenvalue weighted by molar-refractivity contribution is 5.33. The van der Waals surface area contributed by atoms with Gasteiger partial charge in [-0.1, -0.05) is 30.7 Å². The van der Waals surface area contributed by atoms with Crippen molar-refractivity contribution in [2.24, 2.45) is 5.92 Å². The maximum Gasteiger partial charge on any atom is 0.0349 e. The largest absolute Gasteiger partial charge is 0.310 e. The molecule has 0 aromatic heterocycles. The van der Waals surface area contributed by atoms with Crippen LogP contribution >= 0.6 is 0 Å². The Kier molecular flexibility index (Phi) is 2.60. The standard InChI is InChI=1S/C13H19N/c1-9-4-5-10(2)12(8-9)13-11(3)6-7-14-13/h4-5,8,11,13-14H,6-7H2,1-3H3. The molecule has 0 amide bonds. The van der Waals surface area contributed by atoms with E-state index >= 15 is 0 Å². The topological polar surface area (TPSA) is 12.0 Å². The lowest BCUT2D eigenvalue weighted by molar-refractivity contribution is 0.501. The first kappa shape index (κ1) is 9.72. The van der Waals surface area contributed by atoms with Gasteiger partial charge < -0.3 is 5.32 Å². The number of nitrogens with one attached hydrogen (secondary N) is 1. The lowest BCUT2D eigenvalue weighted by atomic mass is 9.92. The zero-order valence-electron chi connectivity index (χ0n) is 9.30. The Balaban J connectivity index is 2.34. The Morgan fingerprint density at radius 3 is 2.71 bits per heavy atom. The van der Waals surface area contributed by atoms with E-state index in [2.05, 4.69) is 44.3 Å². The van der Waals surface area contributed by atoms with Crippen molar-refractivity contribution in [3.05, 3.63) is 34.9 Å². The van der Waals surface area contributed by atoms with Crippen LogP contribution in [0.4, 0.5) is 0 Å². The molecule has 1 aromatic carbocycles. The number of hydrogen-bond acceptors (Lipinski definition) is 1. The van der Waals surface area contributed by atoms with Gasteiger partial charge in [0, 0.05) is 6.04 Å². The van der Waals surface area contributed by atoms with Gasteiger partial charge >= 0.3 is 0 Å². The number of rotatable bonds is 1. The molecule has 1 saturated heterocycles. The van der Waals surface area contributed by atoms with Crippen molar-refractivity contribution in [2.45, 2.75) is 33.2 Å². The second-order valence-corrected chi connectivity index (χ2v) is 4.56. The van der Waals surface area contributed by atoms with Crippen molar-refractivity contribution in [2.75, 3.05) is 6.54 Å². The molecule has 76 valence electrons. The summed E-state index contributed by atoms with van der Waals surface area (Å²) in [5.74, 6) is 0.774. The van der Waals surface area contributed by atoms with Crippen LogP contribution in [0.5, 0.6) is 0 Å². The first-order valence-electron chi connectivity index (χ1n) is 5.49. The molecule has 0 radical (unpaired) electrons. The highest BCUT2D eigenvalue weighted by atomic mass is 14.9. The molecule has 2 atom stereocenters. The number of benzene rings is 1. The van der Waals surface area contributed by atoms with Gasteiger partial charge in [-0.25, -0.2) is 0 Å². The first-order valence-corrected chi connectivity index (χ1v) is 5.49. The van der Waals surface area contributed by atoms with Gasteiger partial charge in [-0.05, 0) is 43.9 Å². The second kappa shape index (κ2) is 3.74. The van der Waals surface area contributed by atoms with E-state index in [1.165, 1.54) is 29.7 Å². The van der Waals surface area contributed by atoms with Crippen LogP contribution in [-0.2, 0) is 0 Å². The summed E-state index contributed by atoms with van der Waals surface area (Å²) in [6.45, 7) is 7.88. The van der Waals surface area contributed by atoms with Crippen molar-refractivity contribution in [3.63, 3.8) is 0 Å². The zero-order valence-corrected chi connectivity index (χ0v) is 9.30. The minimum atomic E-state index is 0.579. The van der Waals surface area contributed by atoms with Crippen molar-refractivity contribution in [1.82, 2.24) is 5.32 Å². The van der Waals surface area contributed by atoms with E-state index < -0.39 is 0 Å². The van der Waals surface area contributed by atoms with Gasteiger partial charge in [-0.2, -0.15) is 0 Å². The Hall–Kier alpha value is -0.820. The molecule has 1 aliphatic rings. The minimum Gasteiger partial charge on any atom is -0.310 e. The van der Waals surface area contributed by atoms with Gasteiger partial charge in [0.2, 0.25) is 0 Å². The van der Waals surface area contributed by atoms with Gasteiger partial charge in [0.15, 0.2) is 0 Å². The van der Waals surface area contributed by atoms with Crippen molar-refractivity contribution < 1.29 is 0 Å². The summed E-state index contributed by atoms with van der Waals surface area (Å²) in [6.07, 6.45) is 1.30. The summed E-state index contributed by atoms with van der Waals surface area (Å²) in [5, 5.41) is 3.59. The second-order valence-electron chi connectivity index (χ2n) is 4.56. The SMILES string of the molecule is Cc1ccc(C)c(C2NCCC2C)c1. The molecule has 1 aromatic rings. The Labute approximate surface area is 86.5 Å². The molecule has 0 saturated carbocycles. The highest BCUT2D eigenvalue weighted by Crippen LogP contribution is 2.31. The van der Waals surface area contributed by atoms with Crippen LogP contribution < -0.4 is 5.32 Å². The number of hydrogen-bond donors (Lipinski definition) is 1. The van der Waals surface area contributed by atoms with Crippen molar-refractivity contribution in [1.29, 1.82) is 0 Å². The van der Waals surface area contributed by atoms with E-state index in [4.69, 9.17) is 0 Å². The van der Waals surface area contributed by atoms with Crippen LogP contribution in [0, 0.1) is 19.8 Å². The minimum absolute atomic E-state index is 0.579. The third-order valence-corrected chi connectivity index (χ3v) is 3.30. The molecule has 2 unspecified atom stereocenters. The van der Waals surface area contributed by atoms with Gasteiger partial charge in [0.1, 0.15) is 0 Å². The van der Waals surface area contributed by atoms with Crippen LogP contribution in [0.2, 0.25) is 0 Å². The molecule has 2 rings (SSSR count). The molecule has 1 N–H and O–H groups in total. The predicted octanol–water partition coefficient (Wildman–Crippen LogP) is 2.97. The fourth-order valence-electron chi connectivity index (χ4n) is 2.35. The normalized spacial score (nSPS) is 26.8. The quantitative estimate of drug-likeness (QED) is 0.716. The fraction of sp³-hybridized carbons (Fsp3) is 0.538. The van der Waals surface area contributed by atoms with Gasteiger partial charge in [-0.3, -0.25) is 0 Å².